The molecule has 0 fully saturated rings. The summed E-state index contributed by atoms with van der Waals surface area (Å²) in [5, 5.41) is 0. The maximum atomic E-state index is 12.1. The van der Waals surface area contributed by atoms with Gasteiger partial charge in [0.15, 0.2) is 9.84 Å². The SMILES string of the molecule is Cc1cccc(OC(=O)c2cccc(CS(C)(=O)=O)c2)c1. The van der Waals surface area contributed by atoms with E-state index in [4.69, 9.17) is 4.74 Å². The largest absolute Gasteiger partial charge is 0.423 e. The number of ether oxygens (including phenoxy) is 1. The van der Waals surface area contributed by atoms with E-state index in [0.717, 1.165) is 11.8 Å². The van der Waals surface area contributed by atoms with E-state index in [1.165, 1.54) is 0 Å². The van der Waals surface area contributed by atoms with Gasteiger partial charge in [-0.3, -0.25) is 0 Å². The van der Waals surface area contributed by atoms with Gasteiger partial charge in [-0.1, -0.05) is 24.3 Å². The van der Waals surface area contributed by atoms with Crippen molar-refractivity contribution in [1.29, 1.82) is 0 Å². The van der Waals surface area contributed by atoms with E-state index in [-0.39, 0.29) is 5.75 Å². The van der Waals surface area contributed by atoms with E-state index < -0.39 is 15.8 Å². The molecule has 2 aromatic rings. The summed E-state index contributed by atoms with van der Waals surface area (Å²) >= 11 is 0. The average molecular weight is 304 g/mol. The van der Waals surface area contributed by atoms with Gasteiger partial charge in [0.05, 0.1) is 11.3 Å². The van der Waals surface area contributed by atoms with Gasteiger partial charge < -0.3 is 4.74 Å². The third-order valence-electron chi connectivity index (χ3n) is 2.79. The zero-order chi connectivity index (χ0) is 15.5. The normalized spacial score (nSPS) is 11.1. The van der Waals surface area contributed by atoms with Crippen LogP contribution in [0.3, 0.4) is 0 Å². The second kappa shape index (κ2) is 6.10. The van der Waals surface area contributed by atoms with Crippen LogP contribution in [0.4, 0.5) is 0 Å². The van der Waals surface area contributed by atoms with Crippen molar-refractivity contribution in [2.75, 3.05) is 6.26 Å². The van der Waals surface area contributed by atoms with Gasteiger partial charge in [-0.05, 0) is 42.3 Å². The Labute approximate surface area is 124 Å². The highest BCUT2D eigenvalue weighted by Crippen LogP contribution is 2.16. The average Bonchev–Trinajstić information content (AvgIpc) is 2.37. The molecule has 0 aliphatic rings. The van der Waals surface area contributed by atoms with Gasteiger partial charge in [-0.25, -0.2) is 13.2 Å². The number of benzene rings is 2. The number of sulfone groups is 1. The molecule has 0 N–H and O–H groups in total. The fraction of sp³-hybridized carbons (Fsp3) is 0.188. The molecule has 0 spiro atoms. The molecule has 0 aliphatic carbocycles. The Hall–Kier alpha value is -2.14. The lowest BCUT2D eigenvalue weighted by atomic mass is 10.1. The van der Waals surface area contributed by atoms with Crippen LogP contribution in [0.15, 0.2) is 48.5 Å². The monoisotopic (exact) mass is 304 g/mol. The van der Waals surface area contributed by atoms with E-state index in [2.05, 4.69) is 0 Å². The fourth-order valence-corrected chi connectivity index (χ4v) is 2.72. The van der Waals surface area contributed by atoms with Gasteiger partial charge in [0.25, 0.3) is 0 Å². The van der Waals surface area contributed by atoms with Crippen LogP contribution >= 0.6 is 0 Å². The first-order valence-electron chi connectivity index (χ1n) is 6.39. The summed E-state index contributed by atoms with van der Waals surface area (Å²) < 4.78 is 27.9. The zero-order valence-corrected chi connectivity index (χ0v) is 12.7. The summed E-state index contributed by atoms with van der Waals surface area (Å²) in [6.45, 7) is 1.91. The third kappa shape index (κ3) is 4.72. The number of rotatable bonds is 4. The Kier molecular flexibility index (Phi) is 4.43. The molecular weight excluding hydrogens is 288 g/mol. The smallest absolute Gasteiger partial charge is 0.343 e. The predicted octanol–water partition coefficient (Wildman–Crippen LogP) is 2.76. The first-order chi connectivity index (χ1) is 9.83. The van der Waals surface area contributed by atoms with Crippen molar-refractivity contribution in [1.82, 2.24) is 0 Å². The molecular formula is C16H16O4S. The summed E-state index contributed by atoms with van der Waals surface area (Å²) in [7, 11) is -3.14. The molecule has 2 aromatic carbocycles. The van der Waals surface area contributed by atoms with Crippen molar-refractivity contribution in [2.24, 2.45) is 0 Å². The van der Waals surface area contributed by atoms with Crippen molar-refractivity contribution in [3.8, 4) is 5.75 Å². The molecule has 0 atom stereocenters. The minimum absolute atomic E-state index is 0.0986. The minimum Gasteiger partial charge on any atom is -0.423 e. The van der Waals surface area contributed by atoms with Crippen LogP contribution in [-0.4, -0.2) is 20.6 Å². The van der Waals surface area contributed by atoms with E-state index in [9.17, 15) is 13.2 Å². The van der Waals surface area contributed by atoms with Gasteiger partial charge in [0, 0.05) is 6.26 Å². The predicted molar refractivity (Wildman–Crippen MR) is 81.1 cm³/mol. The Balaban J connectivity index is 2.18. The number of carbonyl (C=O) groups is 1. The van der Waals surface area contributed by atoms with Gasteiger partial charge in [-0.2, -0.15) is 0 Å². The Morgan fingerprint density at radius 2 is 1.81 bits per heavy atom. The third-order valence-corrected chi connectivity index (χ3v) is 3.65. The second-order valence-electron chi connectivity index (χ2n) is 4.98. The summed E-state index contributed by atoms with van der Waals surface area (Å²) in [4.78, 5) is 12.1. The molecule has 0 unspecified atom stereocenters. The number of esters is 1. The first-order valence-corrected chi connectivity index (χ1v) is 8.45. The molecule has 0 amide bonds. The van der Waals surface area contributed by atoms with Crippen molar-refractivity contribution < 1.29 is 17.9 Å². The molecule has 4 nitrogen and oxygen atoms in total. The van der Waals surface area contributed by atoms with E-state index >= 15 is 0 Å². The Morgan fingerprint density at radius 1 is 1.10 bits per heavy atom. The van der Waals surface area contributed by atoms with Crippen LogP contribution in [0.2, 0.25) is 0 Å². The lowest BCUT2D eigenvalue weighted by Crippen LogP contribution is -2.09. The first kappa shape index (κ1) is 15.3. The van der Waals surface area contributed by atoms with Gasteiger partial charge >= 0.3 is 5.97 Å². The molecule has 0 radical (unpaired) electrons. The van der Waals surface area contributed by atoms with E-state index in [0.29, 0.717) is 16.9 Å². The lowest BCUT2D eigenvalue weighted by Gasteiger charge is -2.06. The van der Waals surface area contributed by atoms with Crippen molar-refractivity contribution in [2.45, 2.75) is 12.7 Å². The van der Waals surface area contributed by atoms with E-state index in [1.54, 1.807) is 42.5 Å². The standard InChI is InChI=1S/C16H16O4S/c1-12-5-3-8-15(9-12)20-16(17)14-7-4-6-13(10-14)11-21(2,18)19/h3-10H,11H2,1-2H3. The topological polar surface area (TPSA) is 60.4 Å². The number of aryl methyl sites for hydroxylation is 1. The molecule has 5 heteroatoms. The molecule has 110 valence electrons. The molecule has 2 rings (SSSR count). The Morgan fingerprint density at radius 3 is 2.48 bits per heavy atom. The fourth-order valence-electron chi connectivity index (χ4n) is 1.94. The van der Waals surface area contributed by atoms with Gasteiger partial charge in [-0.15, -0.1) is 0 Å². The summed E-state index contributed by atoms with van der Waals surface area (Å²) in [6.07, 6.45) is 1.16. The highest BCUT2D eigenvalue weighted by molar-refractivity contribution is 7.89. The van der Waals surface area contributed by atoms with Gasteiger partial charge in [0.1, 0.15) is 5.75 Å². The zero-order valence-electron chi connectivity index (χ0n) is 11.9. The molecule has 0 heterocycles. The maximum Gasteiger partial charge on any atom is 0.343 e. The number of hydrogen-bond donors (Lipinski definition) is 0. The van der Waals surface area contributed by atoms with E-state index in [1.807, 2.05) is 13.0 Å². The maximum absolute atomic E-state index is 12.1. The van der Waals surface area contributed by atoms with Crippen LogP contribution in [0, 0.1) is 6.92 Å². The van der Waals surface area contributed by atoms with Crippen LogP contribution in [0.25, 0.3) is 0 Å². The van der Waals surface area contributed by atoms with Crippen LogP contribution < -0.4 is 4.74 Å². The molecule has 0 saturated heterocycles. The summed E-state index contributed by atoms with van der Waals surface area (Å²) in [5.41, 5.74) is 1.89. The van der Waals surface area contributed by atoms with Crippen LogP contribution in [0.5, 0.6) is 5.75 Å². The van der Waals surface area contributed by atoms with Gasteiger partial charge in [0.2, 0.25) is 0 Å². The molecule has 21 heavy (non-hydrogen) atoms. The van der Waals surface area contributed by atoms with Crippen LogP contribution in [0.1, 0.15) is 21.5 Å². The van der Waals surface area contributed by atoms with Crippen LogP contribution in [-0.2, 0) is 15.6 Å². The highest BCUT2D eigenvalue weighted by atomic mass is 32.2. The Bertz CT molecular complexity index is 763. The highest BCUT2D eigenvalue weighted by Gasteiger charge is 2.11. The second-order valence-corrected chi connectivity index (χ2v) is 7.12. The minimum atomic E-state index is -3.14. The summed E-state index contributed by atoms with van der Waals surface area (Å²) in [6, 6.07) is 13.6. The molecule has 0 aromatic heterocycles. The molecule has 0 aliphatic heterocycles. The quantitative estimate of drug-likeness (QED) is 0.643. The van der Waals surface area contributed by atoms with Crippen molar-refractivity contribution in [3.05, 3.63) is 65.2 Å². The molecule has 0 bridgehead atoms. The number of carbonyl (C=O) groups excluding carboxylic acids is 1. The van der Waals surface area contributed by atoms with Crippen molar-refractivity contribution >= 4 is 15.8 Å². The number of hydrogen-bond acceptors (Lipinski definition) is 4. The summed E-state index contributed by atoms with van der Waals surface area (Å²) in [5.74, 6) is -0.136. The lowest BCUT2D eigenvalue weighted by molar-refractivity contribution is 0.0734. The molecule has 0 saturated carbocycles. The van der Waals surface area contributed by atoms with Crippen molar-refractivity contribution in [3.63, 3.8) is 0 Å².